The van der Waals surface area contributed by atoms with Crippen molar-refractivity contribution < 1.29 is 13.6 Å². The average Bonchev–Trinajstić information content (AvgIpc) is 3.26. The van der Waals surface area contributed by atoms with E-state index in [2.05, 4.69) is 10.4 Å². The zero-order valence-electron chi connectivity index (χ0n) is 13.8. The Morgan fingerprint density at radius 2 is 2.04 bits per heavy atom. The van der Waals surface area contributed by atoms with Gasteiger partial charge in [-0.2, -0.15) is 5.10 Å². The van der Waals surface area contributed by atoms with Crippen LogP contribution in [0, 0.1) is 0 Å². The topological polar surface area (TPSA) is 46.9 Å². The lowest BCUT2D eigenvalue weighted by molar-refractivity contribution is 0.101. The van der Waals surface area contributed by atoms with Gasteiger partial charge in [-0.3, -0.25) is 9.48 Å². The largest absolute Gasteiger partial charge is 0.322 e. The molecular weight excluding hydrogens is 383 g/mol. The zero-order chi connectivity index (χ0) is 18.6. The number of halogens is 4. The Labute approximate surface area is 158 Å². The summed E-state index contributed by atoms with van der Waals surface area (Å²) in [5.41, 5.74) is 3.01. The SMILES string of the molecule is Cn1cc(C(=O)Nc2cccc3c2C2CC[C@H]3C2=C(Cl)Cl)c(C(F)F)n1. The third-order valence-electron chi connectivity index (χ3n) is 5.13. The molecule has 1 N–H and O–H groups in total. The highest BCUT2D eigenvalue weighted by Crippen LogP contribution is 2.60. The number of carbonyl (C=O) groups is 1. The summed E-state index contributed by atoms with van der Waals surface area (Å²) in [4.78, 5) is 12.6. The second kappa shape index (κ2) is 6.35. The first kappa shape index (κ1) is 17.5. The summed E-state index contributed by atoms with van der Waals surface area (Å²) in [5.74, 6) is -0.390. The van der Waals surface area contributed by atoms with E-state index in [1.165, 1.54) is 17.9 Å². The molecule has 0 saturated heterocycles. The van der Waals surface area contributed by atoms with Crippen LogP contribution in [0.1, 0.15) is 58.3 Å². The number of alkyl halides is 2. The molecule has 1 aromatic heterocycles. The van der Waals surface area contributed by atoms with E-state index in [1.54, 1.807) is 6.07 Å². The third-order valence-corrected chi connectivity index (χ3v) is 5.57. The number of aromatic nitrogens is 2. The molecule has 1 aromatic carbocycles. The standard InChI is InChI=1S/C18H15Cl2F2N3O/c1-25-7-11(15(24-25)17(21)22)18(26)23-12-4-2-3-8-9-5-6-10(13(8)12)14(9)16(19)20/h2-4,7,9-10,17H,5-6H2,1H3,(H,23,26)/t9-,10?/m1/s1. The van der Waals surface area contributed by atoms with E-state index in [0.717, 1.165) is 29.5 Å². The number of benzene rings is 1. The number of allylic oxidation sites excluding steroid dienone is 1. The van der Waals surface area contributed by atoms with Crippen molar-refractivity contribution in [3.05, 3.63) is 56.8 Å². The van der Waals surface area contributed by atoms with Gasteiger partial charge < -0.3 is 5.32 Å². The summed E-state index contributed by atoms with van der Waals surface area (Å²) < 4.78 is 27.7. The van der Waals surface area contributed by atoms with Crippen LogP contribution < -0.4 is 5.32 Å². The van der Waals surface area contributed by atoms with Gasteiger partial charge in [0.2, 0.25) is 0 Å². The highest BCUT2D eigenvalue weighted by atomic mass is 35.5. The fourth-order valence-corrected chi connectivity index (χ4v) is 4.72. The highest BCUT2D eigenvalue weighted by Gasteiger charge is 2.44. The molecule has 0 aliphatic heterocycles. The summed E-state index contributed by atoms with van der Waals surface area (Å²) in [5, 5.41) is 6.46. The van der Waals surface area contributed by atoms with Crippen molar-refractivity contribution >= 4 is 34.8 Å². The lowest BCUT2D eigenvalue weighted by Crippen LogP contribution is -2.16. The van der Waals surface area contributed by atoms with Gasteiger partial charge in [0.05, 0.1) is 5.56 Å². The number of nitrogens with one attached hydrogen (secondary N) is 1. The van der Waals surface area contributed by atoms with Crippen molar-refractivity contribution in [1.82, 2.24) is 9.78 Å². The third kappa shape index (κ3) is 2.63. The number of rotatable bonds is 3. The Morgan fingerprint density at radius 1 is 1.31 bits per heavy atom. The number of amides is 1. The normalized spacial score (nSPS) is 20.6. The van der Waals surface area contributed by atoms with Gasteiger partial charge in [0.25, 0.3) is 12.3 Å². The zero-order valence-corrected chi connectivity index (χ0v) is 15.3. The van der Waals surface area contributed by atoms with Crippen LogP contribution in [0.5, 0.6) is 0 Å². The monoisotopic (exact) mass is 397 g/mol. The Bertz CT molecular complexity index is 935. The number of anilines is 1. The molecule has 1 amide bonds. The molecular formula is C18H15Cl2F2N3O. The molecule has 8 heteroatoms. The van der Waals surface area contributed by atoms with E-state index in [9.17, 15) is 13.6 Å². The molecule has 1 saturated carbocycles. The predicted molar refractivity (Wildman–Crippen MR) is 96.0 cm³/mol. The van der Waals surface area contributed by atoms with Crippen LogP contribution in [-0.2, 0) is 7.05 Å². The average molecular weight is 398 g/mol. The van der Waals surface area contributed by atoms with Crippen LogP contribution in [0.2, 0.25) is 0 Å². The van der Waals surface area contributed by atoms with Crippen LogP contribution in [-0.4, -0.2) is 15.7 Å². The van der Waals surface area contributed by atoms with E-state index >= 15 is 0 Å². The number of hydrogen-bond donors (Lipinski definition) is 1. The second-order valence-electron chi connectivity index (χ2n) is 6.56. The van der Waals surface area contributed by atoms with Crippen LogP contribution in [0.3, 0.4) is 0 Å². The quantitative estimate of drug-likeness (QED) is 0.766. The molecule has 4 rings (SSSR count). The molecule has 1 heterocycles. The summed E-state index contributed by atoms with van der Waals surface area (Å²) in [7, 11) is 1.50. The molecule has 2 atom stereocenters. The Hall–Kier alpha value is -1.92. The highest BCUT2D eigenvalue weighted by molar-refractivity contribution is 6.56. The first-order valence-electron chi connectivity index (χ1n) is 8.19. The van der Waals surface area contributed by atoms with Gasteiger partial charge >= 0.3 is 0 Å². The van der Waals surface area contributed by atoms with Gasteiger partial charge in [-0.25, -0.2) is 8.78 Å². The molecule has 0 radical (unpaired) electrons. The first-order chi connectivity index (χ1) is 12.4. The van der Waals surface area contributed by atoms with Gasteiger partial charge in [-0.15, -0.1) is 0 Å². The minimum Gasteiger partial charge on any atom is -0.322 e. The minimum atomic E-state index is -2.82. The summed E-state index contributed by atoms with van der Waals surface area (Å²) in [6, 6.07) is 5.61. The molecule has 2 aliphatic carbocycles. The summed E-state index contributed by atoms with van der Waals surface area (Å²) in [6.45, 7) is 0. The van der Waals surface area contributed by atoms with E-state index < -0.39 is 18.0 Å². The van der Waals surface area contributed by atoms with E-state index in [4.69, 9.17) is 23.2 Å². The van der Waals surface area contributed by atoms with Crippen molar-refractivity contribution in [1.29, 1.82) is 0 Å². The summed E-state index contributed by atoms with van der Waals surface area (Å²) in [6.07, 6.45) is 0.343. The van der Waals surface area contributed by atoms with Gasteiger partial charge in [-0.1, -0.05) is 35.3 Å². The van der Waals surface area contributed by atoms with Crippen molar-refractivity contribution in [3.63, 3.8) is 0 Å². The van der Waals surface area contributed by atoms with Crippen molar-refractivity contribution in [2.45, 2.75) is 31.1 Å². The maximum Gasteiger partial charge on any atom is 0.282 e. The molecule has 1 unspecified atom stereocenters. The number of fused-ring (bicyclic) bond motifs is 5. The minimum absolute atomic E-state index is 0.0555. The van der Waals surface area contributed by atoms with Crippen LogP contribution >= 0.6 is 23.2 Å². The molecule has 2 bridgehead atoms. The predicted octanol–water partition coefficient (Wildman–Crippen LogP) is 5.27. The van der Waals surface area contributed by atoms with Crippen LogP contribution in [0.15, 0.2) is 34.5 Å². The van der Waals surface area contributed by atoms with Crippen molar-refractivity contribution in [2.24, 2.45) is 7.05 Å². The Morgan fingerprint density at radius 3 is 2.73 bits per heavy atom. The van der Waals surface area contributed by atoms with Crippen LogP contribution in [0.25, 0.3) is 0 Å². The number of nitrogens with zero attached hydrogens (tertiary/aromatic N) is 2. The molecule has 1 fully saturated rings. The number of aryl methyl sites for hydroxylation is 1. The van der Waals surface area contributed by atoms with E-state index in [0.29, 0.717) is 5.69 Å². The number of hydrogen-bond acceptors (Lipinski definition) is 2. The maximum absolute atomic E-state index is 13.1. The lowest BCUT2D eigenvalue weighted by atomic mass is 9.90. The fraction of sp³-hybridized carbons (Fsp3) is 0.333. The molecule has 2 aromatic rings. The van der Waals surface area contributed by atoms with Crippen molar-refractivity contribution in [3.8, 4) is 0 Å². The van der Waals surface area contributed by atoms with Crippen LogP contribution in [0.4, 0.5) is 14.5 Å². The number of carbonyl (C=O) groups excluding carboxylic acids is 1. The van der Waals surface area contributed by atoms with Crippen molar-refractivity contribution in [2.75, 3.05) is 5.32 Å². The lowest BCUT2D eigenvalue weighted by Gasteiger charge is -2.18. The van der Waals surface area contributed by atoms with E-state index in [-0.39, 0.29) is 21.9 Å². The Balaban J connectivity index is 1.71. The Kier molecular flexibility index (Phi) is 4.28. The molecule has 0 spiro atoms. The smallest absolute Gasteiger partial charge is 0.282 e. The van der Waals surface area contributed by atoms with Gasteiger partial charge in [-0.05, 0) is 35.6 Å². The molecule has 136 valence electrons. The summed E-state index contributed by atoms with van der Waals surface area (Å²) >= 11 is 12.2. The molecule has 26 heavy (non-hydrogen) atoms. The molecule has 4 nitrogen and oxygen atoms in total. The first-order valence-corrected chi connectivity index (χ1v) is 8.95. The second-order valence-corrected chi connectivity index (χ2v) is 7.51. The van der Waals surface area contributed by atoms with Gasteiger partial charge in [0, 0.05) is 30.8 Å². The van der Waals surface area contributed by atoms with E-state index in [1.807, 2.05) is 12.1 Å². The molecule has 2 aliphatic rings. The maximum atomic E-state index is 13.1. The van der Waals surface area contributed by atoms with Gasteiger partial charge in [0.15, 0.2) is 0 Å². The fourth-order valence-electron chi connectivity index (χ4n) is 4.19. The van der Waals surface area contributed by atoms with Gasteiger partial charge in [0.1, 0.15) is 10.2 Å².